The molecule has 4 aromatic rings. The molecular formula is C28H25ClN4O4S. The van der Waals surface area contributed by atoms with Crippen molar-refractivity contribution in [1.29, 1.82) is 0 Å². The van der Waals surface area contributed by atoms with Crippen molar-refractivity contribution in [2.24, 2.45) is 0 Å². The van der Waals surface area contributed by atoms with Crippen molar-refractivity contribution >= 4 is 62.9 Å². The Kier molecular flexibility index (Phi) is 7.48. The number of amides is 2. The second kappa shape index (κ2) is 11.1. The lowest BCUT2D eigenvalue weighted by Crippen LogP contribution is -2.48. The highest BCUT2D eigenvalue weighted by Crippen LogP contribution is 2.30. The number of anilines is 2. The summed E-state index contributed by atoms with van der Waals surface area (Å²) in [6, 6.07) is 20.2. The molecule has 1 aliphatic heterocycles. The van der Waals surface area contributed by atoms with E-state index >= 15 is 0 Å². The monoisotopic (exact) mass is 548 g/mol. The van der Waals surface area contributed by atoms with E-state index in [9.17, 15) is 9.59 Å². The van der Waals surface area contributed by atoms with E-state index in [1.54, 1.807) is 29.2 Å². The molecule has 1 aliphatic rings. The fourth-order valence-electron chi connectivity index (χ4n) is 4.45. The first kappa shape index (κ1) is 25.6. The van der Waals surface area contributed by atoms with Crippen LogP contribution in [0.1, 0.15) is 20.9 Å². The van der Waals surface area contributed by atoms with E-state index in [1.807, 2.05) is 42.5 Å². The number of benzene rings is 3. The molecule has 2 heterocycles. The Morgan fingerprint density at radius 1 is 0.974 bits per heavy atom. The molecule has 1 saturated heterocycles. The number of furan rings is 1. The molecule has 3 aromatic carbocycles. The van der Waals surface area contributed by atoms with Gasteiger partial charge in [0.05, 0.1) is 29.6 Å². The molecule has 2 amide bonds. The number of halogens is 1. The van der Waals surface area contributed by atoms with Crippen molar-refractivity contribution in [2.75, 3.05) is 43.5 Å². The Balaban J connectivity index is 1.20. The van der Waals surface area contributed by atoms with Crippen LogP contribution >= 0.6 is 23.8 Å². The van der Waals surface area contributed by atoms with Gasteiger partial charge in [0.15, 0.2) is 10.9 Å². The van der Waals surface area contributed by atoms with Gasteiger partial charge >= 0.3 is 0 Å². The number of ether oxygens (including phenoxy) is 1. The average molecular weight is 549 g/mol. The third kappa shape index (κ3) is 5.44. The highest BCUT2D eigenvalue weighted by Gasteiger charge is 2.25. The molecular weight excluding hydrogens is 524 g/mol. The van der Waals surface area contributed by atoms with Gasteiger partial charge in [-0.15, -0.1) is 0 Å². The van der Waals surface area contributed by atoms with Crippen molar-refractivity contribution in [3.63, 3.8) is 0 Å². The number of hydrogen-bond donors (Lipinski definition) is 2. The van der Waals surface area contributed by atoms with Gasteiger partial charge < -0.3 is 24.3 Å². The highest BCUT2D eigenvalue weighted by atomic mass is 35.5. The average Bonchev–Trinajstić information content (AvgIpc) is 3.47. The zero-order chi connectivity index (χ0) is 26.6. The maximum atomic E-state index is 13.0. The zero-order valence-electron chi connectivity index (χ0n) is 20.6. The fraction of sp³-hybridized carbons (Fsp3) is 0.179. The molecule has 0 spiro atoms. The predicted octanol–water partition coefficient (Wildman–Crippen LogP) is 5.18. The van der Waals surface area contributed by atoms with Crippen LogP contribution in [0, 0.1) is 0 Å². The molecule has 0 bridgehead atoms. The quantitative estimate of drug-likeness (QED) is 0.332. The highest BCUT2D eigenvalue weighted by molar-refractivity contribution is 7.80. The summed E-state index contributed by atoms with van der Waals surface area (Å²) in [5.74, 6) is 0.309. The van der Waals surface area contributed by atoms with E-state index in [2.05, 4.69) is 15.5 Å². The Labute approximate surface area is 230 Å². The Hall–Kier alpha value is -4.08. The molecule has 0 saturated carbocycles. The predicted molar refractivity (Wildman–Crippen MR) is 152 cm³/mol. The van der Waals surface area contributed by atoms with Gasteiger partial charge in [0.25, 0.3) is 11.8 Å². The summed E-state index contributed by atoms with van der Waals surface area (Å²) in [4.78, 5) is 29.4. The normalized spacial score (nSPS) is 13.3. The molecule has 38 heavy (non-hydrogen) atoms. The van der Waals surface area contributed by atoms with E-state index in [1.165, 1.54) is 13.4 Å². The van der Waals surface area contributed by atoms with Crippen molar-refractivity contribution < 1.29 is 18.7 Å². The van der Waals surface area contributed by atoms with Gasteiger partial charge in [-0.2, -0.15) is 0 Å². The van der Waals surface area contributed by atoms with E-state index in [0.29, 0.717) is 54.0 Å². The van der Waals surface area contributed by atoms with Crippen molar-refractivity contribution in [1.82, 2.24) is 10.2 Å². The summed E-state index contributed by atoms with van der Waals surface area (Å²) in [5.41, 5.74) is 1.88. The van der Waals surface area contributed by atoms with Gasteiger partial charge in [-0.1, -0.05) is 35.9 Å². The second-order valence-corrected chi connectivity index (χ2v) is 9.55. The molecule has 5 rings (SSSR count). The lowest BCUT2D eigenvalue weighted by atomic mass is 10.1. The van der Waals surface area contributed by atoms with Crippen LogP contribution < -0.4 is 20.3 Å². The number of carbonyl (C=O) groups excluding carboxylic acids is 2. The number of rotatable bonds is 5. The maximum Gasteiger partial charge on any atom is 0.289 e. The van der Waals surface area contributed by atoms with Crippen LogP contribution in [0.5, 0.6) is 5.75 Å². The topological polar surface area (TPSA) is 87.0 Å². The van der Waals surface area contributed by atoms with E-state index in [4.69, 9.17) is 33.0 Å². The van der Waals surface area contributed by atoms with E-state index < -0.39 is 0 Å². The molecule has 0 atom stereocenters. The summed E-state index contributed by atoms with van der Waals surface area (Å²) in [7, 11) is 1.53. The van der Waals surface area contributed by atoms with Crippen molar-refractivity contribution in [3.8, 4) is 5.75 Å². The molecule has 10 heteroatoms. The number of hydrogen-bond acceptors (Lipinski definition) is 6. The standard InChI is InChI=1S/C28H25ClN4O4S/c1-36-25-16-19-6-3-2-5-18(19)15-21(25)26(34)31-28(38)30-20-8-9-23(22(29)17-20)32-10-12-33(13-11-32)27(35)24-7-4-14-37-24/h2-9,14-17H,10-13H2,1H3,(H2,30,31,34,38). The van der Waals surface area contributed by atoms with Gasteiger partial charge in [0, 0.05) is 31.9 Å². The lowest BCUT2D eigenvalue weighted by molar-refractivity contribution is 0.0714. The first-order valence-electron chi connectivity index (χ1n) is 12.0. The third-order valence-corrected chi connectivity index (χ3v) is 6.89. The van der Waals surface area contributed by atoms with E-state index in [0.717, 1.165) is 16.5 Å². The van der Waals surface area contributed by atoms with Gasteiger partial charge in [0.2, 0.25) is 0 Å². The summed E-state index contributed by atoms with van der Waals surface area (Å²) >= 11 is 12.0. The SMILES string of the molecule is COc1cc2ccccc2cc1C(=O)NC(=S)Nc1ccc(N2CCN(C(=O)c3ccco3)CC2)c(Cl)c1. The summed E-state index contributed by atoms with van der Waals surface area (Å²) < 4.78 is 10.7. The first-order valence-corrected chi connectivity index (χ1v) is 12.8. The number of thiocarbonyl (C=S) groups is 1. The third-order valence-electron chi connectivity index (χ3n) is 6.38. The molecule has 1 fully saturated rings. The fourth-order valence-corrected chi connectivity index (χ4v) is 4.96. The van der Waals surface area contributed by atoms with Crippen LogP contribution in [0.25, 0.3) is 10.8 Å². The number of piperazine rings is 1. The van der Waals surface area contributed by atoms with Gasteiger partial charge in [-0.05, 0) is 65.5 Å². The number of nitrogens with one attached hydrogen (secondary N) is 2. The van der Waals surface area contributed by atoms with Crippen molar-refractivity contribution in [2.45, 2.75) is 0 Å². The minimum atomic E-state index is -0.380. The van der Waals surface area contributed by atoms with Crippen LogP contribution in [0.15, 0.2) is 77.4 Å². The number of methoxy groups -OCH3 is 1. The minimum absolute atomic E-state index is 0.114. The minimum Gasteiger partial charge on any atom is -0.496 e. The summed E-state index contributed by atoms with van der Waals surface area (Å²) in [6.45, 7) is 2.40. The molecule has 194 valence electrons. The molecule has 8 nitrogen and oxygen atoms in total. The first-order chi connectivity index (χ1) is 18.4. The van der Waals surface area contributed by atoms with Crippen molar-refractivity contribution in [3.05, 3.63) is 89.3 Å². The van der Waals surface area contributed by atoms with Gasteiger partial charge in [0.1, 0.15) is 5.75 Å². The Bertz CT molecular complexity index is 1500. The lowest BCUT2D eigenvalue weighted by Gasteiger charge is -2.36. The number of fused-ring (bicyclic) bond motifs is 1. The number of carbonyl (C=O) groups is 2. The van der Waals surface area contributed by atoms with Gasteiger partial charge in [-0.25, -0.2) is 0 Å². The molecule has 0 radical (unpaired) electrons. The van der Waals surface area contributed by atoms with Gasteiger partial charge in [-0.3, -0.25) is 14.9 Å². The van der Waals surface area contributed by atoms with Crippen LogP contribution in [-0.4, -0.2) is 55.1 Å². The Morgan fingerprint density at radius 3 is 2.37 bits per heavy atom. The van der Waals surface area contributed by atoms with Crippen LogP contribution in [0.2, 0.25) is 5.02 Å². The zero-order valence-corrected chi connectivity index (χ0v) is 22.1. The van der Waals surface area contributed by atoms with E-state index in [-0.39, 0.29) is 16.9 Å². The smallest absolute Gasteiger partial charge is 0.289 e. The Morgan fingerprint density at radius 2 is 1.71 bits per heavy atom. The summed E-state index contributed by atoms with van der Waals surface area (Å²) in [6.07, 6.45) is 1.50. The largest absolute Gasteiger partial charge is 0.496 e. The van der Waals surface area contributed by atoms with Crippen LogP contribution in [0.3, 0.4) is 0 Å². The van der Waals surface area contributed by atoms with Crippen LogP contribution in [-0.2, 0) is 0 Å². The molecule has 2 N–H and O–H groups in total. The second-order valence-electron chi connectivity index (χ2n) is 8.73. The molecule has 1 aromatic heterocycles. The number of nitrogens with zero attached hydrogens (tertiary/aromatic N) is 2. The molecule has 0 unspecified atom stereocenters. The maximum absolute atomic E-state index is 13.0. The summed E-state index contributed by atoms with van der Waals surface area (Å²) in [5, 5.41) is 8.30. The molecule has 0 aliphatic carbocycles. The van der Waals surface area contributed by atoms with Crippen LogP contribution in [0.4, 0.5) is 11.4 Å².